The van der Waals surface area contributed by atoms with Crippen LogP contribution in [-0.2, 0) is 16.1 Å². The van der Waals surface area contributed by atoms with Crippen LogP contribution in [0.4, 0.5) is 0 Å². The second kappa shape index (κ2) is 11.3. The highest BCUT2D eigenvalue weighted by atomic mass is 16.5. The van der Waals surface area contributed by atoms with Gasteiger partial charge in [0.05, 0.1) is 6.54 Å². The Hall–Kier alpha value is -3.71. The van der Waals surface area contributed by atoms with Gasteiger partial charge in [-0.05, 0) is 42.0 Å². The molecule has 0 unspecified atom stereocenters. The van der Waals surface area contributed by atoms with Gasteiger partial charge in [-0.1, -0.05) is 24.0 Å². The summed E-state index contributed by atoms with van der Waals surface area (Å²) >= 11 is 0. The summed E-state index contributed by atoms with van der Waals surface area (Å²) in [5, 5.41) is 14.0. The Morgan fingerprint density at radius 3 is 2.03 bits per heavy atom. The average molecular weight is 409 g/mol. The van der Waals surface area contributed by atoms with E-state index in [1.807, 2.05) is 24.3 Å². The van der Waals surface area contributed by atoms with Gasteiger partial charge in [0.1, 0.15) is 6.04 Å². The van der Waals surface area contributed by atoms with E-state index in [-0.39, 0.29) is 13.1 Å². The first-order valence-corrected chi connectivity index (χ1v) is 9.08. The van der Waals surface area contributed by atoms with Gasteiger partial charge in [-0.15, -0.1) is 0 Å². The largest absolute Gasteiger partial charge is 0.369 e. The standard InChI is InChI=1S/C21H23N5O4/c22-11-18(21(29)26-30)25-20(28)17-9-7-15(8-10-17)2-1-14-3-5-16(6-4-14)12-24-13-19(23)27/h3-10,18,24,30H,11-13,22H2,(H2,23,27)(H,25,28)(H,26,29)/t18-/m0/s1. The molecule has 2 rings (SSSR count). The number of amides is 3. The van der Waals surface area contributed by atoms with Crippen LogP contribution < -0.4 is 27.6 Å². The second-order valence-electron chi connectivity index (χ2n) is 6.33. The van der Waals surface area contributed by atoms with E-state index < -0.39 is 23.8 Å². The van der Waals surface area contributed by atoms with Crippen molar-refractivity contribution in [2.75, 3.05) is 13.1 Å². The van der Waals surface area contributed by atoms with Gasteiger partial charge < -0.3 is 22.1 Å². The Morgan fingerprint density at radius 2 is 1.53 bits per heavy atom. The molecular formula is C21H23N5O4. The molecule has 0 saturated carbocycles. The molecule has 0 radical (unpaired) electrons. The molecule has 8 N–H and O–H groups in total. The minimum Gasteiger partial charge on any atom is -0.369 e. The topological polar surface area (TPSA) is 160 Å². The van der Waals surface area contributed by atoms with Crippen LogP contribution in [0.3, 0.4) is 0 Å². The highest BCUT2D eigenvalue weighted by Crippen LogP contribution is 2.06. The molecule has 0 aliphatic heterocycles. The third-order valence-electron chi connectivity index (χ3n) is 4.05. The molecule has 2 aromatic carbocycles. The summed E-state index contributed by atoms with van der Waals surface area (Å²) < 4.78 is 0. The Labute approximate surface area is 173 Å². The summed E-state index contributed by atoms with van der Waals surface area (Å²) in [6, 6.07) is 13.1. The lowest BCUT2D eigenvalue weighted by Gasteiger charge is -2.14. The fourth-order valence-electron chi connectivity index (χ4n) is 2.44. The van der Waals surface area contributed by atoms with Gasteiger partial charge >= 0.3 is 0 Å². The Morgan fingerprint density at radius 1 is 0.967 bits per heavy atom. The second-order valence-corrected chi connectivity index (χ2v) is 6.33. The number of benzene rings is 2. The molecule has 156 valence electrons. The molecule has 2 aromatic rings. The molecule has 0 heterocycles. The predicted molar refractivity (Wildman–Crippen MR) is 110 cm³/mol. The molecule has 9 nitrogen and oxygen atoms in total. The SMILES string of the molecule is NC[C@H](NC(=O)c1ccc(C#Cc2ccc(CNCC(N)=O)cc2)cc1)C(=O)NO. The van der Waals surface area contributed by atoms with E-state index in [0.717, 1.165) is 11.1 Å². The number of hydrogen-bond donors (Lipinski definition) is 6. The van der Waals surface area contributed by atoms with Gasteiger partial charge in [-0.2, -0.15) is 0 Å². The van der Waals surface area contributed by atoms with Crippen molar-refractivity contribution in [3.05, 3.63) is 70.8 Å². The lowest BCUT2D eigenvalue weighted by Crippen LogP contribution is -2.50. The van der Waals surface area contributed by atoms with Crippen molar-refractivity contribution in [2.45, 2.75) is 12.6 Å². The molecule has 9 heteroatoms. The van der Waals surface area contributed by atoms with Crippen LogP contribution in [0.5, 0.6) is 0 Å². The van der Waals surface area contributed by atoms with Crippen LogP contribution >= 0.6 is 0 Å². The Kier molecular flexibility index (Phi) is 8.53. The number of hydroxylamine groups is 1. The minimum absolute atomic E-state index is 0.122. The summed E-state index contributed by atoms with van der Waals surface area (Å²) in [6.07, 6.45) is 0. The Balaban J connectivity index is 1.96. The quantitative estimate of drug-likeness (QED) is 0.191. The average Bonchev–Trinajstić information content (AvgIpc) is 2.76. The lowest BCUT2D eigenvalue weighted by molar-refractivity contribution is -0.130. The summed E-state index contributed by atoms with van der Waals surface area (Å²) in [5.74, 6) is 4.35. The van der Waals surface area contributed by atoms with E-state index in [4.69, 9.17) is 16.7 Å². The molecule has 0 aromatic heterocycles. The first-order valence-electron chi connectivity index (χ1n) is 9.08. The molecule has 0 fully saturated rings. The summed E-state index contributed by atoms with van der Waals surface area (Å²) in [5.41, 5.74) is 14.8. The fourth-order valence-corrected chi connectivity index (χ4v) is 2.44. The smallest absolute Gasteiger partial charge is 0.267 e. The van der Waals surface area contributed by atoms with Gasteiger partial charge in [-0.3, -0.25) is 19.6 Å². The zero-order valence-electron chi connectivity index (χ0n) is 16.1. The van der Waals surface area contributed by atoms with Gasteiger partial charge in [0.15, 0.2) is 0 Å². The maximum Gasteiger partial charge on any atom is 0.267 e. The zero-order chi connectivity index (χ0) is 21.9. The van der Waals surface area contributed by atoms with Crippen molar-refractivity contribution in [3.63, 3.8) is 0 Å². The van der Waals surface area contributed by atoms with Crippen LogP contribution in [0.25, 0.3) is 0 Å². The van der Waals surface area contributed by atoms with Crippen LogP contribution in [0.2, 0.25) is 0 Å². The fraction of sp³-hybridized carbons (Fsp3) is 0.190. The van der Waals surface area contributed by atoms with E-state index in [1.165, 1.54) is 5.48 Å². The van der Waals surface area contributed by atoms with Gasteiger partial charge in [-0.25, -0.2) is 5.48 Å². The third-order valence-corrected chi connectivity index (χ3v) is 4.05. The molecule has 0 aliphatic carbocycles. The van der Waals surface area contributed by atoms with Crippen molar-refractivity contribution >= 4 is 17.7 Å². The third kappa shape index (κ3) is 7.03. The maximum atomic E-state index is 12.2. The molecule has 0 saturated heterocycles. The first-order chi connectivity index (χ1) is 14.4. The van der Waals surface area contributed by atoms with Crippen molar-refractivity contribution in [2.24, 2.45) is 11.5 Å². The molecule has 0 aliphatic rings. The van der Waals surface area contributed by atoms with Gasteiger partial charge in [0.25, 0.3) is 11.8 Å². The molecule has 0 spiro atoms. The van der Waals surface area contributed by atoms with E-state index in [2.05, 4.69) is 22.5 Å². The summed E-state index contributed by atoms with van der Waals surface area (Å²) in [6.45, 7) is 0.504. The number of carbonyl (C=O) groups is 3. The number of nitrogens with two attached hydrogens (primary N) is 2. The van der Waals surface area contributed by atoms with Crippen LogP contribution in [0, 0.1) is 11.8 Å². The number of rotatable bonds is 8. The molecule has 3 amide bonds. The number of primary amides is 1. The van der Waals surface area contributed by atoms with E-state index in [1.54, 1.807) is 24.3 Å². The Bertz CT molecular complexity index is 946. The van der Waals surface area contributed by atoms with Crippen molar-refractivity contribution in [3.8, 4) is 11.8 Å². The van der Waals surface area contributed by atoms with Crippen LogP contribution in [0.1, 0.15) is 27.0 Å². The van der Waals surface area contributed by atoms with E-state index >= 15 is 0 Å². The number of carbonyl (C=O) groups excluding carboxylic acids is 3. The molecular weight excluding hydrogens is 386 g/mol. The number of nitrogens with one attached hydrogen (secondary N) is 3. The van der Waals surface area contributed by atoms with Crippen LogP contribution in [-0.4, -0.2) is 42.1 Å². The zero-order valence-corrected chi connectivity index (χ0v) is 16.1. The molecule has 0 bridgehead atoms. The number of hydrogen-bond acceptors (Lipinski definition) is 6. The maximum absolute atomic E-state index is 12.2. The first kappa shape index (κ1) is 22.6. The van der Waals surface area contributed by atoms with Crippen LogP contribution in [0.15, 0.2) is 48.5 Å². The van der Waals surface area contributed by atoms with E-state index in [9.17, 15) is 14.4 Å². The monoisotopic (exact) mass is 409 g/mol. The van der Waals surface area contributed by atoms with Crippen molar-refractivity contribution in [1.29, 1.82) is 0 Å². The summed E-state index contributed by atoms with van der Waals surface area (Å²) in [4.78, 5) is 34.3. The van der Waals surface area contributed by atoms with Gasteiger partial charge in [0, 0.05) is 29.8 Å². The predicted octanol–water partition coefficient (Wildman–Crippen LogP) is -0.776. The van der Waals surface area contributed by atoms with Crippen molar-refractivity contribution in [1.82, 2.24) is 16.1 Å². The minimum atomic E-state index is -1.03. The van der Waals surface area contributed by atoms with Gasteiger partial charge in [0.2, 0.25) is 5.91 Å². The molecule has 30 heavy (non-hydrogen) atoms. The highest BCUT2D eigenvalue weighted by Gasteiger charge is 2.19. The lowest BCUT2D eigenvalue weighted by atomic mass is 10.1. The normalized spacial score (nSPS) is 11.0. The highest BCUT2D eigenvalue weighted by molar-refractivity contribution is 5.97. The molecule has 1 atom stereocenters. The summed E-state index contributed by atoms with van der Waals surface area (Å²) in [7, 11) is 0. The van der Waals surface area contributed by atoms with E-state index in [0.29, 0.717) is 17.7 Å². The van der Waals surface area contributed by atoms with Crippen molar-refractivity contribution < 1.29 is 19.6 Å².